The van der Waals surface area contributed by atoms with Crippen molar-refractivity contribution in [3.05, 3.63) is 0 Å². The van der Waals surface area contributed by atoms with E-state index in [0.29, 0.717) is 6.42 Å². The summed E-state index contributed by atoms with van der Waals surface area (Å²) in [6.07, 6.45) is 0.704. The van der Waals surface area contributed by atoms with Gasteiger partial charge in [0.25, 0.3) is 0 Å². The Morgan fingerprint density at radius 2 is 2.43 bits per heavy atom. The molecule has 1 nitrogen and oxygen atoms in total. The molecule has 0 saturated carbocycles. The molecule has 0 aliphatic carbocycles. The van der Waals surface area contributed by atoms with Crippen molar-refractivity contribution >= 4 is 34.7 Å². The van der Waals surface area contributed by atoms with Crippen LogP contribution >= 0.6 is 8.92 Å². The fourth-order valence-electron chi connectivity index (χ4n) is 0.223. The van der Waals surface area contributed by atoms with Crippen molar-refractivity contribution in [1.29, 1.82) is 0 Å². The fourth-order valence-corrected chi connectivity index (χ4v) is 2.13. The monoisotopic (exact) mass is 226 g/mol. The summed E-state index contributed by atoms with van der Waals surface area (Å²) in [6, 6.07) is 0. The molecule has 0 amide bonds. The normalized spacial score (nSPS) is 7.71. The summed E-state index contributed by atoms with van der Waals surface area (Å²) in [7, 11) is 5.46. The van der Waals surface area contributed by atoms with E-state index >= 15 is 0 Å². The van der Waals surface area contributed by atoms with Crippen LogP contribution in [0, 0.1) is 0 Å². The number of carbonyl (C=O) groups is 1. The Labute approximate surface area is 57.4 Å². The van der Waals surface area contributed by atoms with Crippen LogP contribution in [0.4, 0.5) is 0 Å². The summed E-state index contributed by atoms with van der Waals surface area (Å²) in [5, 5.41) is 0. The average molecular weight is 225 g/mol. The summed E-state index contributed by atoms with van der Waals surface area (Å²) in [5.74, 6) is 0.265. The van der Waals surface area contributed by atoms with E-state index < -0.39 is 20.0 Å². The van der Waals surface area contributed by atoms with E-state index in [2.05, 4.69) is 0 Å². The van der Waals surface area contributed by atoms with Crippen LogP contribution in [0.5, 0.6) is 0 Å². The van der Waals surface area contributed by atoms with Gasteiger partial charge in [-0.15, -0.1) is 0 Å². The Balaban J connectivity index is 2.82. The van der Waals surface area contributed by atoms with Gasteiger partial charge >= 0.3 is 57.3 Å². The molecule has 0 aromatic heterocycles. The second kappa shape index (κ2) is 4.91. The third kappa shape index (κ3) is 6.76. The number of halogens is 1. The van der Waals surface area contributed by atoms with E-state index in [1.54, 1.807) is 6.92 Å². The van der Waals surface area contributed by atoms with E-state index in [-0.39, 0.29) is 5.78 Å². The molecule has 0 rings (SSSR count). The van der Waals surface area contributed by atoms with Crippen molar-refractivity contribution in [1.82, 2.24) is 0 Å². The van der Waals surface area contributed by atoms with Gasteiger partial charge in [-0.2, -0.15) is 0 Å². The van der Waals surface area contributed by atoms with Gasteiger partial charge in [-0.25, -0.2) is 0 Å². The molecular weight excluding hydrogens is 218 g/mol. The molecule has 3 heteroatoms. The zero-order valence-corrected chi connectivity index (χ0v) is 7.81. The third-order valence-electron chi connectivity index (χ3n) is 0.572. The van der Waals surface area contributed by atoms with Crippen LogP contribution in [-0.4, -0.2) is 25.8 Å². The van der Waals surface area contributed by atoms with Gasteiger partial charge in [0, 0.05) is 0 Å². The molecule has 0 N–H and O–H groups in total. The molecule has 7 heavy (non-hydrogen) atoms. The minimum absolute atomic E-state index is 0.265. The van der Waals surface area contributed by atoms with Gasteiger partial charge in [0.1, 0.15) is 0 Å². The maximum atomic E-state index is 10.2. The van der Waals surface area contributed by atoms with Crippen LogP contribution in [0.15, 0.2) is 0 Å². The average Bonchev–Trinajstić information content (AvgIpc) is 1.61. The first kappa shape index (κ1) is 7.76. The predicted octanol–water partition coefficient (Wildman–Crippen LogP) is 1.24. The quantitative estimate of drug-likeness (QED) is 0.660. The van der Waals surface area contributed by atoms with Crippen molar-refractivity contribution in [2.24, 2.45) is 0 Å². The molecule has 0 saturated heterocycles. The van der Waals surface area contributed by atoms with Gasteiger partial charge in [-0.1, -0.05) is 0 Å². The van der Waals surface area contributed by atoms with Crippen molar-refractivity contribution in [3.8, 4) is 0 Å². The predicted molar refractivity (Wildman–Crippen MR) is 31.7 cm³/mol. The minimum atomic E-state index is -0.596. The topological polar surface area (TPSA) is 17.1 Å². The third-order valence-corrected chi connectivity index (χ3v) is 3.09. The van der Waals surface area contributed by atoms with Gasteiger partial charge in [-0.3, -0.25) is 0 Å². The summed E-state index contributed by atoms with van der Waals surface area (Å²) in [4.78, 5) is 10.2. The van der Waals surface area contributed by atoms with Crippen LogP contribution in [0.3, 0.4) is 0 Å². The fraction of sp³-hybridized carbons (Fsp3) is 0.750. The van der Waals surface area contributed by atoms with Gasteiger partial charge in [-0.05, 0) is 0 Å². The van der Waals surface area contributed by atoms with Crippen LogP contribution in [0.2, 0.25) is 4.44 Å². The number of ketones is 1. The molecule has 0 bridgehead atoms. The first-order valence-corrected chi connectivity index (χ1v) is 7.73. The molecule has 0 aliphatic heterocycles. The van der Waals surface area contributed by atoms with Gasteiger partial charge in [0.2, 0.25) is 0 Å². The Bertz CT molecular complexity index is 64.7. The van der Waals surface area contributed by atoms with Crippen molar-refractivity contribution in [2.75, 3.05) is 0 Å². The van der Waals surface area contributed by atoms with Gasteiger partial charge < -0.3 is 0 Å². The van der Waals surface area contributed by atoms with Crippen LogP contribution in [0.25, 0.3) is 0 Å². The molecule has 38 valence electrons. The van der Waals surface area contributed by atoms with E-state index in [9.17, 15) is 4.79 Å². The molecular formula is C4H7ClOSn+2. The van der Waals surface area contributed by atoms with Crippen LogP contribution in [0.1, 0.15) is 13.3 Å². The first-order chi connectivity index (χ1) is 3.27. The first-order valence-electron chi connectivity index (χ1n) is 2.10. The molecule has 0 atom stereocenters. The summed E-state index contributed by atoms with van der Waals surface area (Å²) in [5.41, 5.74) is 0. The maximum absolute atomic E-state index is 10.2. The number of hydrogen-bond donors (Lipinski definition) is 0. The van der Waals surface area contributed by atoms with Gasteiger partial charge in [0.15, 0.2) is 0 Å². The van der Waals surface area contributed by atoms with Crippen molar-refractivity contribution < 1.29 is 4.79 Å². The summed E-state index contributed by atoms with van der Waals surface area (Å²) >= 11 is -0.596. The summed E-state index contributed by atoms with van der Waals surface area (Å²) < 4.78 is 0.986. The van der Waals surface area contributed by atoms with E-state index in [1.165, 1.54) is 0 Å². The van der Waals surface area contributed by atoms with E-state index in [1.807, 2.05) is 0 Å². The molecule has 0 aliphatic rings. The molecule has 0 spiro atoms. The second-order valence-corrected chi connectivity index (χ2v) is 5.32. The molecule has 0 heterocycles. The van der Waals surface area contributed by atoms with E-state index in [0.717, 1.165) is 4.44 Å². The van der Waals surface area contributed by atoms with Crippen LogP contribution in [-0.2, 0) is 4.79 Å². The Morgan fingerprint density at radius 3 is 2.57 bits per heavy atom. The molecule has 0 fully saturated rings. The van der Waals surface area contributed by atoms with Crippen molar-refractivity contribution in [2.45, 2.75) is 17.8 Å². The zero-order chi connectivity index (χ0) is 5.70. The number of hydrogen-bond acceptors (Lipinski definition) is 1. The van der Waals surface area contributed by atoms with Crippen LogP contribution < -0.4 is 0 Å². The Kier molecular flexibility index (Phi) is 5.44. The Hall–Kier alpha value is 0.759. The summed E-state index contributed by atoms with van der Waals surface area (Å²) in [6.45, 7) is 1.60. The molecule has 0 aromatic rings. The van der Waals surface area contributed by atoms with E-state index in [4.69, 9.17) is 8.92 Å². The second-order valence-electron chi connectivity index (χ2n) is 1.34. The zero-order valence-electron chi connectivity index (χ0n) is 4.20. The standard InChI is InChI=1S/C4H7O.ClH.Sn/c1-3-4(2)5;;/h1,3H2,2H3;1H;/q;;+3/p-1. The van der Waals surface area contributed by atoms with Gasteiger partial charge in [0.05, 0.1) is 0 Å². The van der Waals surface area contributed by atoms with Crippen molar-refractivity contribution in [3.63, 3.8) is 0 Å². The number of Topliss-reactive ketones (excluding diaryl/α,β-unsaturated/α-hetero) is 1. The molecule has 0 radical (unpaired) electrons. The SMILES string of the molecule is CC(=O)C[CH2][Sn+2][Cl]. The molecule has 0 aromatic carbocycles. The number of rotatable bonds is 3. The number of carbonyl (C=O) groups excluding carboxylic acids is 1. The molecule has 0 unspecified atom stereocenters. The Morgan fingerprint density at radius 1 is 1.86 bits per heavy atom.